The second kappa shape index (κ2) is 8.87. The van der Waals surface area contributed by atoms with Crippen molar-refractivity contribution in [1.82, 2.24) is 9.80 Å². The van der Waals surface area contributed by atoms with Gasteiger partial charge in [0.1, 0.15) is 12.0 Å². The predicted octanol–water partition coefficient (Wildman–Crippen LogP) is 3.82. The Morgan fingerprint density at radius 2 is 1.77 bits per heavy atom. The largest absolute Gasteiger partial charge is 0.486 e. The Hall–Kier alpha value is -2.60. The third-order valence-electron chi connectivity index (χ3n) is 6.16. The third kappa shape index (κ3) is 5.18. The van der Waals surface area contributed by atoms with E-state index in [2.05, 4.69) is 29.2 Å². The van der Waals surface area contributed by atoms with Crippen molar-refractivity contribution in [3.05, 3.63) is 63.7 Å². The number of rotatable bonds is 5. The van der Waals surface area contributed by atoms with E-state index in [1.54, 1.807) is 6.07 Å². The minimum atomic E-state index is -0.345. The van der Waals surface area contributed by atoms with Gasteiger partial charge in [0.25, 0.3) is 0 Å². The molecular weight excluding hydrogens is 392 g/mol. The zero-order valence-corrected chi connectivity index (χ0v) is 18.7. The topological polar surface area (TPSA) is 63.0 Å². The molecule has 0 spiro atoms. The molecule has 2 aliphatic rings. The van der Waals surface area contributed by atoms with E-state index in [-0.39, 0.29) is 22.5 Å². The molecule has 0 bridgehead atoms. The van der Waals surface area contributed by atoms with E-state index in [1.807, 2.05) is 25.7 Å². The zero-order chi connectivity index (χ0) is 22.0. The van der Waals surface area contributed by atoms with Gasteiger partial charge in [0, 0.05) is 37.7 Å². The molecule has 4 rings (SSSR count). The summed E-state index contributed by atoms with van der Waals surface area (Å²) in [6.45, 7) is 10.2. The van der Waals surface area contributed by atoms with Gasteiger partial charge in [-0.15, -0.1) is 0 Å². The molecule has 6 nitrogen and oxygen atoms in total. The van der Waals surface area contributed by atoms with Gasteiger partial charge in [-0.05, 0) is 29.9 Å². The lowest BCUT2D eigenvalue weighted by atomic mass is 9.91. The first-order valence-corrected chi connectivity index (χ1v) is 11.1. The van der Waals surface area contributed by atoms with Crippen molar-refractivity contribution in [3.63, 3.8) is 0 Å². The van der Waals surface area contributed by atoms with Crippen LogP contribution in [0.3, 0.4) is 0 Å². The van der Waals surface area contributed by atoms with Crippen LogP contribution in [0.15, 0.2) is 45.8 Å². The van der Waals surface area contributed by atoms with Crippen LogP contribution in [0.5, 0.6) is 5.75 Å². The van der Waals surface area contributed by atoms with Crippen molar-refractivity contribution in [2.24, 2.45) is 11.3 Å². The van der Waals surface area contributed by atoms with E-state index in [4.69, 9.17) is 9.15 Å². The maximum atomic E-state index is 12.5. The lowest BCUT2D eigenvalue weighted by Crippen LogP contribution is -2.44. The lowest BCUT2D eigenvalue weighted by molar-refractivity contribution is -0.141. The Kier molecular flexibility index (Phi) is 6.19. The Morgan fingerprint density at radius 1 is 1.13 bits per heavy atom. The van der Waals surface area contributed by atoms with E-state index >= 15 is 0 Å². The minimum Gasteiger partial charge on any atom is -0.486 e. The molecule has 0 aliphatic carbocycles. The summed E-state index contributed by atoms with van der Waals surface area (Å²) in [6.07, 6.45) is 3.22. The standard InChI is InChI=1S/C25H32N2O4/c1-25(2,3)24(29)27-10-8-18(9-11-27)16-31-23-17-30-21(12-22(23)28)15-26-13-19-6-4-5-7-20(19)14-26/h4-7,12,17-18H,8-11,13-16H2,1-3H3. The zero-order valence-electron chi connectivity index (χ0n) is 18.7. The number of carbonyl (C=O) groups is 1. The molecule has 6 heteroatoms. The SMILES string of the molecule is CC(C)(C)C(=O)N1CCC(COc2coc(CN3Cc4ccccc4C3)cc2=O)CC1. The van der Waals surface area contributed by atoms with Crippen molar-refractivity contribution in [1.29, 1.82) is 0 Å². The second-order valence-corrected chi connectivity index (χ2v) is 9.79. The highest BCUT2D eigenvalue weighted by molar-refractivity contribution is 5.81. The summed E-state index contributed by atoms with van der Waals surface area (Å²) >= 11 is 0. The molecule has 0 saturated carbocycles. The van der Waals surface area contributed by atoms with Crippen molar-refractivity contribution in [2.75, 3.05) is 19.7 Å². The van der Waals surface area contributed by atoms with E-state index in [1.165, 1.54) is 17.4 Å². The molecule has 0 radical (unpaired) electrons. The summed E-state index contributed by atoms with van der Waals surface area (Å²) in [5.74, 6) is 1.45. The molecule has 0 unspecified atom stereocenters. The normalized spacial score (nSPS) is 17.6. The lowest BCUT2D eigenvalue weighted by Gasteiger charge is -2.35. The molecule has 1 aromatic carbocycles. The van der Waals surface area contributed by atoms with Crippen LogP contribution in [0, 0.1) is 11.3 Å². The van der Waals surface area contributed by atoms with Crippen LogP contribution in [-0.4, -0.2) is 35.4 Å². The Morgan fingerprint density at radius 3 is 2.35 bits per heavy atom. The first kappa shape index (κ1) is 21.6. The molecule has 166 valence electrons. The predicted molar refractivity (Wildman–Crippen MR) is 119 cm³/mol. The fourth-order valence-corrected chi connectivity index (χ4v) is 4.35. The van der Waals surface area contributed by atoms with Crippen LogP contribution < -0.4 is 10.2 Å². The second-order valence-electron chi connectivity index (χ2n) is 9.79. The number of likely N-dealkylation sites (tertiary alicyclic amines) is 1. The van der Waals surface area contributed by atoms with Gasteiger partial charge in [-0.3, -0.25) is 14.5 Å². The number of piperidine rings is 1. The van der Waals surface area contributed by atoms with Crippen LogP contribution in [0.25, 0.3) is 0 Å². The van der Waals surface area contributed by atoms with Gasteiger partial charge in [0.15, 0.2) is 0 Å². The third-order valence-corrected chi connectivity index (χ3v) is 6.16. The quantitative estimate of drug-likeness (QED) is 0.730. The average Bonchev–Trinajstić information content (AvgIpc) is 3.14. The van der Waals surface area contributed by atoms with Crippen molar-refractivity contribution >= 4 is 5.91 Å². The summed E-state index contributed by atoms with van der Waals surface area (Å²) in [6, 6.07) is 9.95. The number of hydrogen-bond acceptors (Lipinski definition) is 5. The highest BCUT2D eigenvalue weighted by Crippen LogP contribution is 2.25. The van der Waals surface area contributed by atoms with Crippen LogP contribution in [0.2, 0.25) is 0 Å². The molecule has 31 heavy (non-hydrogen) atoms. The van der Waals surface area contributed by atoms with Crippen LogP contribution in [0.4, 0.5) is 0 Å². The number of fused-ring (bicyclic) bond motifs is 1. The highest BCUT2D eigenvalue weighted by Gasteiger charge is 2.30. The van der Waals surface area contributed by atoms with Crippen molar-refractivity contribution in [2.45, 2.75) is 53.2 Å². The maximum Gasteiger partial charge on any atom is 0.227 e. The number of ether oxygens (including phenoxy) is 1. The average molecular weight is 425 g/mol. The van der Waals surface area contributed by atoms with Crippen molar-refractivity contribution < 1.29 is 13.9 Å². The van der Waals surface area contributed by atoms with Gasteiger partial charge < -0.3 is 14.1 Å². The molecule has 2 aliphatic heterocycles. The molecule has 2 aromatic rings. The number of amides is 1. The van der Waals surface area contributed by atoms with Crippen LogP contribution in [-0.2, 0) is 24.4 Å². The number of benzene rings is 1. The number of nitrogens with zero attached hydrogens (tertiary/aromatic N) is 2. The monoisotopic (exact) mass is 424 g/mol. The highest BCUT2D eigenvalue weighted by atomic mass is 16.5. The maximum absolute atomic E-state index is 12.5. The molecule has 1 aromatic heterocycles. The first-order valence-electron chi connectivity index (χ1n) is 11.1. The first-order chi connectivity index (χ1) is 14.8. The van der Waals surface area contributed by atoms with Gasteiger partial charge in [-0.25, -0.2) is 0 Å². The van der Waals surface area contributed by atoms with E-state index in [9.17, 15) is 9.59 Å². The van der Waals surface area contributed by atoms with Gasteiger partial charge in [0.05, 0.1) is 13.2 Å². The molecule has 1 fully saturated rings. The summed E-state index contributed by atoms with van der Waals surface area (Å²) in [5, 5.41) is 0. The smallest absolute Gasteiger partial charge is 0.227 e. The molecular formula is C25H32N2O4. The fourth-order valence-electron chi connectivity index (χ4n) is 4.35. The number of carbonyl (C=O) groups excluding carboxylic acids is 1. The molecule has 0 N–H and O–H groups in total. The summed E-state index contributed by atoms with van der Waals surface area (Å²) in [5.41, 5.74) is 2.18. The van der Waals surface area contributed by atoms with Gasteiger partial charge >= 0.3 is 0 Å². The molecule has 1 saturated heterocycles. The van der Waals surface area contributed by atoms with Crippen LogP contribution in [0.1, 0.15) is 50.5 Å². The summed E-state index contributed by atoms with van der Waals surface area (Å²) in [4.78, 5) is 29.1. The van der Waals surface area contributed by atoms with E-state index in [0.717, 1.165) is 39.0 Å². The number of hydrogen-bond donors (Lipinski definition) is 0. The van der Waals surface area contributed by atoms with E-state index < -0.39 is 0 Å². The van der Waals surface area contributed by atoms with Gasteiger partial charge in [0.2, 0.25) is 17.1 Å². The molecule has 1 amide bonds. The van der Waals surface area contributed by atoms with Crippen LogP contribution >= 0.6 is 0 Å². The fraction of sp³-hybridized carbons (Fsp3) is 0.520. The molecule has 0 atom stereocenters. The molecule has 3 heterocycles. The van der Waals surface area contributed by atoms with Crippen molar-refractivity contribution in [3.8, 4) is 5.75 Å². The summed E-state index contributed by atoms with van der Waals surface area (Å²) in [7, 11) is 0. The Labute approximate surface area is 183 Å². The summed E-state index contributed by atoms with van der Waals surface area (Å²) < 4.78 is 11.5. The minimum absolute atomic E-state index is 0.140. The van der Waals surface area contributed by atoms with Gasteiger partial charge in [-0.1, -0.05) is 45.0 Å². The Balaban J connectivity index is 1.26. The van der Waals surface area contributed by atoms with Gasteiger partial charge in [-0.2, -0.15) is 0 Å². The van der Waals surface area contributed by atoms with E-state index in [0.29, 0.717) is 24.8 Å². The Bertz CT molecular complexity index is 959.